The van der Waals surface area contributed by atoms with Crippen molar-refractivity contribution in [2.75, 3.05) is 5.73 Å². The molecule has 0 saturated heterocycles. The Morgan fingerprint density at radius 3 is 2.91 bits per heavy atom. The van der Waals surface area contributed by atoms with E-state index in [1.165, 1.54) is 25.0 Å². The van der Waals surface area contributed by atoms with Crippen molar-refractivity contribution in [2.45, 2.75) is 38.8 Å². The monoisotopic (exact) mass is 465 g/mol. The highest BCUT2D eigenvalue weighted by atomic mass is 35.5. The fraction of sp³-hybridized carbons (Fsp3) is 0.304. The van der Waals surface area contributed by atoms with Gasteiger partial charge in [0.25, 0.3) is 0 Å². The SMILES string of the molecule is C[C@H]1Oc2cc(cnc2N)-c2c(nnn2CC2CC2)Cc2cc(Cl)nn2-c2ccc(F)cc21. The number of halogens is 2. The van der Waals surface area contributed by atoms with E-state index in [0.29, 0.717) is 34.5 Å². The molecule has 1 fully saturated rings. The van der Waals surface area contributed by atoms with E-state index in [0.717, 1.165) is 29.2 Å². The average molecular weight is 466 g/mol. The highest BCUT2D eigenvalue weighted by Crippen LogP contribution is 2.37. The number of fused-ring (bicyclic) bond motifs is 7. The lowest BCUT2D eigenvalue weighted by molar-refractivity contribution is 0.226. The van der Waals surface area contributed by atoms with Gasteiger partial charge in [-0.1, -0.05) is 16.8 Å². The minimum atomic E-state index is -0.528. The summed E-state index contributed by atoms with van der Waals surface area (Å²) < 4.78 is 24.1. The zero-order chi connectivity index (χ0) is 22.7. The molecule has 0 amide bonds. The molecule has 168 valence electrons. The molecule has 2 aliphatic rings. The van der Waals surface area contributed by atoms with Crippen molar-refractivity contribution in [1.29, 1.82) is 0 Å². The van der Waals surface area contributed by atoms with Crippen LogP contribution in [0.2, 0.25) is 5.15 Å². The summed E-state index contributed by atoms with van der Waals surface area (Å²) in [6.45, 7) is 2.63. The van der Waals surface area contributed by atoms with Crippen LogP contribution < -0.4 is 10.5 Å². The second kappa shape index (κ2) is 7.55. The van der Waals surface area contributed by atoms with Gasteiger partial charge in [0.1, 0.15) is 11.9 Å². The molecule has 1 aliphatic carbocycles. The Balaban J connectivity index is 1.60. The Hall–Kier alpha value is -3.46. The van der Waals surface area contributed by atoms with Crippen molar-refractivity contribution in [3.8, 4) is 22.7 Å². The number of rotatable bonds is 2. The van der Waals surface area contributed by atoms with Gasteiger partial charge in [-0.25, -0.2) is 18.7 Å². The number of ether oxygens (including phenoxy) is 1. The van der Waals surface area contributed by atoms with Crippen molar-refractivity contribution >= 4 is 17.4 Å². The summed E-state index contributed by atoms with van der Waals surface area (Å²) in [7, 11) is 0. The van der Waals surface area contributed by atoms with Gasteiger partial charge in [-0.2, -0.15) is 5.10 Å². The molecule has 1 aromatic carbocycles. The third-order valence-electron chi connectivity index (χ3n) is 6.15. The van der Waals surface area contributed by atoms with Gasteiger partial charge in [0.05, 0.1) is 22.8 Å². The van der Waals surface area contributed by atoms with Gasteiger partial charge in [-0.05, 0) is 56.0 Å². The van der Waals surface area contributed by atoms with Crippen LogP contribution in [0.4, 0.5) is 10.2 Å². The van der Waals surface area contributed by atoms with Gasteiger partial charge >= 0.3 is 0 Å². The van der Waals surface area contributed by atoms with Crippen LogP contribution >= 0.6 is 11.6 Å². The van der Waals surface area contributed by atoms with Crippen molar-refractivity contribution < 1.29 is 9.13 Å². The molecular formula is C23H21ClFN7O. The summed E-state index contributed by atoms with van der Waals surface area (Å²) in [4.78, 5) is 4.37. The second-order valence-corrected chi connectivity index (χ2v) is 9.02. The lowest BCUT2D eigenvalue weighted by Crippen LogP contribution is -2.14. The molecule has 8 nitrogen and oxygen atoms in total. The Morgan fingerprint density at radius 1 is 1.24 bits per heavy atom. The Labute approximate surface area is 194 Å². The molecule has 6 rings (SSSR count). The molecule has 33 heavy (non-hydrogen) atoms. The van der Waals surface area contributed by atoms with Gasteiger partial charge in [-0.15, -0.1) is 5.10 Å². The first kappa shape index (κ1) is 20.2. The minimum Gasteiger partial charge on any atom is -0.482 e. The van der Waals surface area contributed by atoms with E-state index in [2.05, 4.69) is 20.4 Å². The van der Waals surface area contributed by atoms with Gasteiger partial charge < -0.3 is 10.5 Å². The summed E-state index contributed by atoms with van der Waals surface area (Å²) in [5.74, 6) is 0.906. The first-order chi connectivity index (χ1) is 16.0. The molecule has 2 bridgehead atoms. The number of nitrogens with zero attached hydrogens (tertiary/aromatic N) is 6. The zero-order valence-electron chi connectivity index (χ0n) is 17.9. The maximum absolute atomic E-state index is 14.2. The summed E-state index contributed by atoms with van der Waals surface area (Å²) in [5, 5.41) is 13.8. The molecular weight excluding hydrogens is 445 g/mol. The number of anilines is 1. The predicted molar refractivity (Wildman–Crippen MR) is 121 cm³/mol. The molecule has 0 spiro atoms. The maximum Gasteiger partial charge on any atom is 0.166 e. The van der Waals surface area contributed by atoms with Crippen molar-refractivity contribution in [3.63, 3.8) is 0 Å². The fourth-order valence-electron chi connectivity index (χ4n) is 4.33. The smallest absolute Gasteiger partial charge is 0.166 e. The zero-order valence-corrected chi connectivity index (χ0v) is 18.6. The summed E-state index contributed by atoms with van der Waals surface area (Å²) in [6, 6.07) is 8.16. The summed E-state index contributed by atoms with van der Waals surface area (Å²) in [5.41, 5.74) is 10.7. The van der Waals surface area contributed by atoms with Crippen molar-refractivity contribution in [3.05, 3.63) is 64.5 Å². The number of pyridine rings is 1. The van der Waals surface area contributed by atoms with Crippen LogP contribution in [0.5, 0.6) is 5.75 Å². The number of hydrogen-bond acceptors (Lipinski definition) is 6. The van der Waals surface area contributed by atoms with E-state index in [1.807, 2.05) is 17.7 Å². The molecule has 2 N–H and O–H groups in total. The summed E-state index contributed by atoms with van der Waals surface area (Å²) in [6.07, 6.45) is 4.00. The highest BCUT2D eigenvalue weighted by Gasteiger charge is 2.28. The van der Waals surface area contributed by atoms with Gasteiger partial charge in [0, 0.05) is 30.3 Å². The molecule has 10 heteroatoms. The number of benzene rings is 1. The number of nitrogen functional groups attached to an aromatic ring is 1. The van der Waals surface area contributed by atoms with Crippen LogP contribution in [-0.4, -0.2) is 29.8 Å². The molecule has 1 saturated carbocycles. The van der Waals surface area contributed by atoms with Crippen LogP contribution in [0.3, 0.4) is 0 Å². The van der Waals surface area contributed by atoms with Crippen LogP contribution in [-0.2, 0) is 13.0 Å². The number of hydrogen-bond donors (Lipinski definition) is 1. The molecule has 0 unspecified atom stereocenters. The molecule has 1 atom stereocenters. The lowest BCUT2D eigenvalue weighted by atomic mass is 10.0. The van der Waals surface area contributed by atoms with Crippen LogP contribution in [0.1, 0.15) is 42.8 Å². The molecule has 0 radical (unpaired) electrons. The number of aromatic nitrogens is 6. The Kier molecular flexibility index (Phi) is 4.62. The third-order valence-corrected chi connectivity index (χ3v) is 6.33. The van der Waals surface area contributed by atoms with E-state index < -0.39 is 6.10 Å². The van der Waals surface area contributed by atoms with Gasteiger partial charge in [-0.3, -0.25) is 0 Å². The van der Waals surface area contributed by atoms with E-state index in [4.69, 9.17) is 22.1 Å². The topological polar surface area (TPSA) is 96.7 Å². The van der Waals surface area contributed by atoms with E-state index >= 15 is 0 Å². The molecule has 4 heterocycles. The Morgan fingerprint density at radius 2 is 2.09 bits per heavy atom. The lowest BCUT2D eigenvalue weighted by Gasteiger charge is -2.21. The van der Waals surface area contributed by atoms with E-state index in [1.54, 1.807) is 23.0 Å². The quantitative estimate of drug-likeness (QED) is 0.472. The van der Waals surface area contributed by atoms with Crippen LogP contribution in [0, 0.1) is 11.7 Å². The third kappa shape index (κ3) is 3.62. The van der Waals surface area contributed by atoms with E-state index in [9.17, 15) is 4.39 Å². The van der Waals surface area contributed by atoms with Gasteiger partial charge in [0.2, 0.25) is 0 Å². The minimum absolute atomic E-state index is 0.256. The number of nitrogens with two attached hydrogens (primary N) is 1. The highest BCUT2D eigenvalue weighted by molar-refractivity contribution is 6.29. The molecule has 3 aromatic heterocycles. The summed E-state index contributed by atoms with van der Waals surface area (Å²) >= 11 is 6.32. The fourth-order valence-corrected chi connectivity index (χ4v) is 4.53. The molecule has 4 aromatic rings. The largest absolute Gasteiger partial charge is 0.482 e. The average Bonchev–Trinajstić information content (AvgIpc) is 3.41. The predicted octanol–water partition coefficient (Wildman–Crippen LogP) is 4.35. The van der Waals surface area contributed by atoms with Crippen LogP contribution in [0.15, 0.2) is 36.5 Å². The Bertz CT molecular complexity index is 1380. The normalized spacial score (nSPS) is 17.2. The first-order valence-corrected chi connectivity index (χ1v) is 11.2. The van der Waals surface area contributed by atoms with Crippen LogP contribution in [0.25, 0.3) is 16.9 Å². The standard InChI is InChI=1S/C23H21ClFN7O/c1-12-17-7-15(25)4-5-19(17)32-16(9-21(24)29-32)8-18-22(31(30-28-18)11-13-2-3-13)14-6-20(33-12)23(26)27-10-14/h4-7,9-10,12-13H,2-3,8,11H2,1H3,(H2,26,27)/t12-/m1/s1. The van der Waals surface area contributed by atoms with Crippen molar-refractivity contribution in [2.24, 2.45) is 5.92 Å². The van der Waals surface area contributed by atoms with E-state index in [-0.39, 0.29) is 11.6 Å². The second-order valence-electron chi connectivity index (χ2n) is 8.63. The first-order valence-electron chi connectivity index (χ1n) is 10.9. The van der Waals surface area contributed by atoms with Gasteiger partial charge in [0.15, 0.2) is 16.7 Å². The van der Waals surface area contributed by atoms with Crippen molar-refractivity contribution in [1.82, 2.24) is 29.8 Å². The maximum atomic E-state index is 14.2. The molecule has 1 aliphatic heterocycles.